The van der Waals surface area contributed by atoms with Crippen molar-refractivity contribution in [3.63, 3.8) is 0 Å². The zero-order valence-electron chi connectivity index (χ0n) is 11.9. The van der Waals surface area contributed by atoms with Crippen molar-refractivity contribution < 1.29 is 9.47 Å². The highest BCUT2D eigenvalue weighted by atomic mass is 16.5. The van der Waals surface area contributed by atoms with Crippen molar-refractivity contribution in [1.82, 2.24) is 9.88 Å². The summed E-state index contributed by atoms with van der Waals surface area (Å²) in [5, 5.41) is 0. The Morgan fingerprint density at radius 1 is 1.53 bits per heavy atom. The van der Waals surface area contributed by atoms with Gasteiger partial charge in [0.05, 0.1) is 19.8 Å². The van der Waals surface area contributed by atoms with Crippen LogP contribution in [0.15, 0.2) is 18.3 Å². The third kappa shape index (κ3) is 3.23. The summed E-state index contributed by atoms with van der Waals surface area (Å²) in [6.07, 6.45) is 2.10. The van der Waals surface area contributed by atoms with Crippen molar-refractivity contribution in [2.24, 2.45) is 5.73 Å². The van der Waals surface area contributed by atoms with E-state index in [-0.39, 0.29) is 12.1 Å². The van der Waals surface area contributed by atoms with Crippen LogP contribution in [0.5, 0.6) is 5.88 Å². The Balaban J connectivity index is 2.17. The number of hydrogen-bond donors (Lipinski definition) is 1. The van der Waals surface area contributed by atoms with Crippen LogP contribution >= 0.6 is 0 Å². The molecule has 0 radical (unpaired) electrons. The molecule has 19 heavy (non-hydrogen) atoms. The predicted octanol–water partition coefficient (Wildman–Crippen LogP) is 1.20. The van der Waals surface area contributed by atoms with E-state index in [1.807, 2.05) is 18.3 Å². The van der Waals surface area contributed by atoms with Crippen molar-refractivity contribution in [1.29, 1.82) is 0 Å². The molecule has 0 spiro atoms. The van der Waals surface area contributed by atoms with E-state index in [0.717, 1.165) is 18.7 Å². The van der Waals surface area contributed by atoms with Gasteiger partial charge in [0.25, 0.3) is 0 Å². The molecule has 0 amide bonds. The Morgan fingerprint density at radius 3 is 2.89 bits per heavy atom. The van der Waals surface area contributed by atoms with E-state index >= 15 is 0 Å². The van der Waals surface area contributed by atoms with Crippen molar-refractivity contribution in [2.45, 2.75) is 32.0 Å². The molecule has 1 aliphatic rings. The van der Waals surface area contributed by atoms with Crippen molar-refractivity contribution in [2.75, 3.05) is 26.8 Å². The van der Waals surface area contributed by atoms with Gasteiger partial charge in [-0.2, -0.15) is 0 Å². The standard InChI is InChI=1S/C14H23N3O2/c1-10-9-19-11(2)8-17(10)13(6-15)12-4-5-14(18-3)16-7-12/h4-5,7,10-11,13H,6,8-9,15H2,1-3H3. The quantitative estimate of drug-likeness (QED) is 0.886. The molecule has 3 unspecified atom stereocenters. The number of nitrogens with zero attached hydrogens (tertiary/aromatic N) is 2. The summed E-state index contributed by atoms with van der Waals surface area (Å²) in [5.41, 5.74) is 7.10. The topological polar surface area (TPSA) is 60.6 Å². The molecule has 1 aromatic heterocycles. The van der Waals surface area contributed by atoms with Gasteiger partial charge in [0.15, 0.2) is 0 Å². The zero-order chi connectivity index (χ0) is 13.8. The Hall–Kier alpha value is -1.17. The Labute approximate surface area is 114 Å². The normalized spacial score (nSPS) is 26.1. The van der Waals surface area contributed by atoms with Crippen LogP contribution in [0, 0.1) is 0 Å². The van der Waals surface area contributed by atoms with Gasteiger partial charge in [-0.15, -0.1) is 0 Å². The molecule has 2 rings (SSSR count). The average Bonchev–Trinajstić information content (AvgIpc) is 2.44. The second kappa shape index (κ2) is 6.32. The van der Waals surface area contributed by atoms with Gasteiger partial charge in [0.1, 0.15) is 0 Å². The third-order valence-electron chi connectivity index (χ3n) is 3.63. The second-order valence-electron chi connectivity index (χ2n) is 5.08. The van der Waals surface area contributed by atoms with Crippen molar-refractivity contribution in [3.05, 3.63) is 23.9 Å². The lowest BCUT2D eigenvalue weighted by Gasteiger charge is -2.41. The molecular weight excluding hydrogens is 242 g/mol. The fraction of sp³-hybridized carbons (Fsp3) is 0.643. The minimum atomic E-state index is 0.180. The van der Waals surface area contributed by atoms with E-state index < -0.39 is 0 Å². The maximum atomic E-state index is 5.97. The molecule has 1 aliphatic heterocycles. The smallest absolute Gasteiger partial charge is 0.212 e. The number of methoxy groups -OCH3 is 1. The van der Waals surface area contributed by atoms with Crippen LogP contribution in [0.25, 0.3) is 0 Å². The van der Waals surface area contributed by atoms with E-state index in [2.05, 4.69) is 23.7 Å². The monoisotopic (exact) mass is 265 g/mol. The Morgan fingerprint density at radius 2 is 2.32 bits per heavy atom. The molecule has 0 saturated carbocycles. The molecule has 0 aromatic carbocycles. The average molecular weight is 265 g/mol. The first-order chi connectivity index (χ1) is 9.15. The van der Waals surface area contributed by atoms with Gasteiger partial charge in [0, 0.05) is 37.4 Å². The fourth-order valence-electron chi connectivity index (χ4n) is 2.54. The molecule has 1 fully saturated rings. The molecule has 1 aromatic rings. The maximum absolute atomic E-state index is 5.97. The minimum absolute atomic E-state index is 0.180. The number of pyridine rings is 1. The molecule has 0 aliphatic carbocycles. The van der Waals surface area contributed by atoms with Gasteiger partial charge in [0.2, 0.25) is 5.88 Å². The third-order valence-corrected chi connectivity index (χ3v) is 3.63. The number of ether oxygens (including phenoxy) is 2. The number of aromatic nitrogens is 1. The summed E-state index contributed by atoms with van der Waals surface area (Å²) in [6.45, 7) is 6.49. The first kappa shape index (κ1) is 14.2. The summed E-state index contributed by atoms with van der Waals surface area (Å²) in [7, 11) is 1.62. The largest absolute Gasteiger partial charge is 0.481 e. The lowest BCUT2D eigenvalue weighted by atomic mass is 10.0. The molecule has 106 valence electrons. The van der Waals surface area contributed by atoms with Gasteiger partial charge >= 0.3 is 0 Å². The highest BCUT2D eigenvalue weighted by molar-refractivity contribution is 5.21. The first-order valence-electron chi connectivity index (χ1n) is 6.73. The number of rotatable bonds is 4. The second-order valence-corrected chi connectivity index (χ2v) is 5.08. The van der Waals surface area contributed by atoms with Gasteiger partial charge in [-0.05, 0) is 19.4 Å². The highest BCUT2D eigenvalue weighted by Gasteiger charge is 2.29. The molecule has 2 heterocycles. The van der Waals surface area contributed by atoms with Gasteiger partial charge in [-0.1, -0.05) is 6.07 Å². The molecule has 3 atom stereocenters. The lowest BCUT2D eigenvalue weighted by molar-refractivity contribution is -0.0654. The predicted molar refractivity (Wildman–Crippen MR) is 74.2 cm³/mol. The van der Waals surface area contributed by atoms with Crippen LogP contribution < -0.4 is 10.5 Å². The lowest BCUT2D eigenvalue weighted by Crippen LogP contribution is -2.50. The van der Waals surface area contributed by atoms with Gasteiger partial charge in [-0.3, -0.25) is 4.90 Å². The fourth-order valence-corrected chi connectivity index (χ4v) is 2.54. The molecular formula is C14H23N3O2. The van der Waals surface area contributed by atoms with E-state index in [1.165, 1.54) is 0 Å². The van der Waals surface area contributed by atoms with Crippen LogP contribution in [0.1, 0.15) is 25.5 Å². The molecule has 2 N–H and O–H groups in total. The summed E-state index contributed by atoms with van der Waals surface area (Å²) >= 11 is 0. The number of nitrogens with two attached hydrogens (primary N) is 1. The summed E-state index contributed by atoms with van der Waals surface area (Å²) in [4.78, 5) is 6.67. The van der Waals surface area contributed by atoms with E-state index in [4.69, 9.17) is 15.2 Å². The van der Waals surface area contributed by atoms with E-state index in [9.17, 15) is 0 Å². The molecule has 1 saturated heterocycles. The Kier molecular flexibility index (Phi) is 4.74. The van der Waals surface area contributed by atoms with Crippen molar-refractivity contribution >= 4 is 0 Å². The van der Waals surface area contributed by atoms with Crippen LogP contribution in [-0.2, 0) is 4.74 Å². The summed E-state index contributed by atoms with van der Waals surface area (Å²) in [5.74, 6) is 0.628. The van der Waals surface area contributed by atoms with Gasteiger partial charge in [-0.25, -0.2) is 4.98 Å². The van der Waals surface area contributed by atoms with Crippen LogP contribution in [0.4, 0.5) is 0 Å². The number of hydrogen-bond acceptors (Lipinski definition) is 5. The maximum Gasteiger partial charge on any atom is 0.212 e. The molecule has 5 nitrogen and oxygen atoms in total. The summed E-state index contributed by atoms with van der Waals surface area (Å²) < 4.78 is 10.8. The van der Waals surface area contributed by atoms with E-state index in [0.29, 0.717) is 18.5 Å². The van der Waals surface area contributed by atoms with Crippen LogP contribution in [-0.4, -0.2) is 48.8 Å². The summed E-state index contributed by atoms with van der Waals surface area (Å²) in [6, 6.07) is 4.47. The van der Waals surface area contributed by atoms with Crippen LogP contribution in [0.2, 0.25) is 0 Å². The highest BCUT2D eigenvalue weighted by Crippen LogP contribution is 2.25. The van der Waals surface area contributed by atoms with Crippen LogP contribution in [0.3, 0.4) is 0 Å². The molecule has 5 heteroatoms. The first-order valence-corrected chi connectivity index (χ1v) is 6.73. The number of morpholine rings is 1. The Bertz CT molecular complexity index is 396. The SMILES string of the molecule is COc1ccc(C(CN)N2CC(C)OCC2C)cn1. The minimum Gasteiger partial charge on any atom is -0.481 e. The van der Waals surface area contributed by atoms with E-state index in [1.54, 1.807) is 7.11 Å². The zero-order valence-corrected chi connectivity index (χ0v) is 11.9. The van der Waals surface area contributed by atoms with Gasteiger partial charge < -0.3 is 15.2 Å². The molecule has 0 bridgehead atoms. The van der Waals surface area contributed by atoms with Crippen molar-refractivity contribution in [3.8, 4) is 5.88 Å².